The smallest absolute Gasteiger partial charge is 0.317 e. The second kappa shape index (κ2) is 10.1. The molecule has 0 unspecified atom stereocenters. The molecule has 0 radical (unpaired) electrons. The highest BCUT2D eigenvalue weighted by atomic mass is 19.1. The molecule has 1 aromatic heterocycles. The molecular formula is C28H32FN7O2. The van der Waals surface area contributed by atoms with Gasteiger partial charge < -0.3 is 20.4 Å². The quantitative estimate of drug-likeness (QED) is 0.539. The molecule has 3 aromatic rings. The predicted molar refractivity (Wildman–Crippen MR) is 143 cm³/mol. The lowest BCUT2D eigenvalue weighted by atomic mass is 10.1. The van der Waals surface area contributed by atoms with E-state index in [1.165, 1.54) is 18.9 Å². The molecular weight excluding hydrogens is 485 g/mol. The molecule has 38 heavy (non-hydrogen) atoms. The predicted octanol–water partition coefficient (Wildman–Crippen LogP) is 3.70. The highest BCUT2D eigenvalue weighted by molar-refractivity contribution is 6.08. The lowest BCUT2D eigenvalue weighted by Gasteiger charge is -2.34. The van der Waals surface area contributed by atoms with Gasteiger partial charge in [0.2, 0.25) is 0 Å². The number of piperazine rings is 1. The number of nitrogens with zero attached hydrogens (tertiary/aromatic N) is 5. The number of nitrogens with one attached hydrogen (secondary N) is 2. The summed E-state index contributed by atoms with van der Waals surface area (Å²) in [7, 11) is 1.84. The summed E-state index contributed by atoms with van der Waals surface area (Å²) in [5.41, 5.74) is 2.94. The van der Waals surface area contributed by atoms with Crippen LogP contribution in [-0.4, -0.2) is 64.2 Å². The van der Waals surface area contributed by atoms with Gasteiger partial charge >= 0.3 is 6.03 Å². The maximum Gasteiger partial charge on any atom is 0.317 e. The standard InChI is InChI=1S/C28H32FN7O2/c1-33-26-22(16-31-33)18-36(25-5-3-2-4-24(25)32-26)27(37)20-8-9-21(23(29)14-20)15-30-28(38)35-12-10-34(11-13-35)17-19-6-7-19/h2-5,8-9,14,16,19,32H,6-7,10-13,15,17-18H2,1H3,(H,30,38). The van der Waals surface area contributed by atoms with Crippen LogP contribution in [0.4, 0.5) is 26.4 Å². The number of carbonyl (C=O) groups is 2. The Hall–Kier alpha value is -3.92. The van der Waals surface area contributed by atoms with Crippen LogP contribution in [0.3, 0.4) is 0 Å². The third-order valence-electron chi connectivity index (χ3n) is 7.64. The number of para-hydroxylation sites is 2. The van der Waals surface area contributed by atoms with Crippen molar-refractivity contribution in [1.29, 1.82) is 0 Å². The molecule has 6 rings (SSSR count). The summed E-state index contributed by atoms with van der Waals surface area (Å²) in [6.45, 7) is 4.62. The second-order valence-electron chi connectivity index (χ2n) is 10.4. The normalized spacial score (nSPS) is 17.3. The van der Waals surface area contributed by atoms with Gasteiger partial charge in [0.1, 0.15) is 11.6 Å². The van der Waals surface area contributed by atoms with Crippen molar-refractivity contribution < 1.29 is 14.0 Å². The number of hydrogen-bond donors (Lipinski definition) is 2. The molecule has 2 N–H and O–H groups in total. The van der Waals surface area contributed by atoms with Gasteiger partial charge in [0, 0.05) is 63.0 Å². The molecule has 2 fully saturated rings. The van der Waals surface area contributed by atoms with E-state index in [2.05, 4.69) is 20.6 Å². The Kier molecular flexibility index (Phi) is 6.49. The summed E-state index contributed by atoms with van der Waals surface area (Å²) in [6.07, 6.45) is 4.38. The zero-order valence-electron chi connectivity index (χ0n) is 21.5. The fourth-order valence-electron chi connectivity index (χ4n) is 5.20. The van der Waals surface area contributed by atoms with Crippen molar-refractivity contribution in [2.45, 2.75) is 25.9 Å². The number of halogens is 1. The van der Waals surface area contributed by atoms with Crippen LogP contribution in [0, 0.1) is 11.7 Å². The largest absolute Gasteiger partial charge is 0.338 e. The number of aryl methyl sites for hydroxylation is 1. The Morgan fingerprint density at radius 3 is 2.66 bits per heavy atom. The summed E-state index contributed by atoms with van der Waals surface area (Å²) >= 11 is 0. The first-order valence-corrected chi connectivity index (χ1v) is 13.2. The van der Waals surface area contributed by atoms with E-state index in [9.17, 15) is 9.59 Å². The van der Waals surface area contributed by atoms with E-state index in [4.69, 9.17) is 0 Å². The Labute approximate surface area is 221 Å². The van der Waals surface area contributed by atoms with Gasteiger partial charge in [0.25, 0.3) is 5.91 Å². The van der Waals surface area contributed by atoms with E-state index in [1.807, 2.05) is 31.3 Å². The molecule has 3 aliphatic rings. The molecule has 1 saturated heterocycles. The van der Waals surface area contributed by atoms with E-state index < -0.39 is 5.82 Å². The number of amides is 3. The molecule has 198 valence electrons. The molecule has 2 aliphatic heterocycles. The minimum absolute atomic E-state index is 0.0664. The van der Waals surface area contributed by atoms with Gasteiger partial charge in [-0.2, -0.15) is 5.10 Å². The maximum atomic E-state index is 15.1. The van der Waals surface area contributed by atoms with Crippen LogP contribution in [0.25, 0.3) is 0 Å². The van der Waals surface area contributed by atoms with Crippen LogP contribution in [-0.2, 0) is 20.1 Å². The second-order valence-corrected chi connectivity index (χ2v) is 10.4. The average molecular weight is 518 g/mol. The van der Waals surface area contributed by atoms with Crippen molar-refractivity contribution in [2.24, 2.45) is 13.0 Å². The van der Waals surface area contributed by atoms with Crippen molar-refractivity contribution in [3.63, 3.8) is 0 Å². The summed E-state index contributed by atoms with van der Waals surface area (Å²) in [6, 6.07) is 11.8. The Bertz CT molecular complexity index is 1360. The van der Waals surface area contributed by atoms with Crippen molar-refractivity contribution in [1.82, 2.24) is 24.9 Å². The van der Waals surface area contributed by atoms with Crippen LogP contribution < -0.4 is 15.5 Å². The monoisotopic (exact) mass is 517 g/mol. The third kappa shape index (κ3) is 4.96. The van der Waals surface area contributed by atoms with Gasteiger partial charge in [-0.3, -0.25) is 14.4 Å². The Morgan fingerprint density at radius 1 is 1.11 bits per heavy atom. The SMILES string of the molecule is Cn1ncc2c1Nc1ccccc1N(C(=O)c1ccc(CNC(=O)N3CCN(CC4CC4)CC3)c(F)c1)C2. The van der Waals surface area contributed by atoms with Gasteiger partial charge in [0.05, 0.1) is 24.1 Å². The zero-order valence-corrected chi connectivity index (χ0v) is 21.5. The fourth-order valence-corrected chi connectivity index (χ4v) is 5.20. The van der Waals surface area contributed by atoms with E-state index in [-0.39, 0.29) is 24.0 Å². The topological polar surface area (TPSA) is 85.7 Å². The number of aromatic nitrogens is 2. The number of fused-ring (bicyclic) bond motifs is 2. The first-order chi connectivity index (χ1) is 18.5. The minimum Gasteiger partial charge on any atom is -0.338 e. The van der Waals surface area contributed by atoms with Crippen molar-refractivity contribution in [3.8, 4) is 0 Å². The average Bonchev–Trinajstić information content (AvgIpc) is 3.71. The number of carbonyl (C=O) groups excluding carboxylic acids is 2. The molecule has 0 bridgehead atoms. The number of anilines is 3. The molecule has 0 spiro atoms. The highest BCUT2D eigenvalue weighted by Gasteiger charge is 2.29. The number of hydrogen-bond acceptors (Lipinski definition) is 5. The first-order valence-electron chi connectivity index (χ1n) is 13.2. The lowest BCUT2D eigenvalue weighted by Crippen LogP contribution is -2.51. The maximum absolute atomic E-state index is 15.1. The first kappa shape index (κ1) is 24.4. The molecule has 10 heteroatoms. The van der Waals surface area contributed by atoms with E-state index >= 15 is 4.39 Å². The van der Waals surface area contributed by atoms with Crippen LogP contribution in [0.1, 0.15) is 34.3 Å². The zero-order chi connectivity index (χ0) is 26.2. The lowest BCUT2D eigenvalue weighted by molar-refractivity contribution is 0.0985. The molecule has 3 heterocycles. The number of urea groups is 1. The van der Waals surface area contributed by atoms with Crippen molar-refractivity contribution in [2.75, 3.05) is 42.9 Å². The molecule has 2 aromatic carbocycles. The highest BCUT2D eigenvalue weighted by Crippen LogP contribution is 2.36. The summed E-state index contributed by atoms with van der Waals surface area (Å²) in [5, 5.41) is 10.5. The van der Waals surface area contributed by atoms with E-state index in [0.29, 0.717) is 30.9 Å². The minimum atomic E-state index is -0.520. The van der Waals surface area contributed by atoms with Crippen LogP contribution in [0.5, 0.6) is 0 Å². The van der Waals surface area contributed by atoms with Crippen LogP contribution in [0.15, 0.2) is 48.7 Å². The van der Waals surface area contributed by atoms with Gasteiger partial charge in [-0.05, 0) is 43.0 Å². The Balaban J connectivity index is 1.12. The van der Waals surface area contributed by atoms with Gasteiger partial charge in [0.15, 0.2) is 0 Å². The van der Waals surface area contributed by atoms with Gasteiger partial charge in [-0.25, -0.2) is 9.18 Å². The number of rotatable bonds is 5. The van der Waals surface area contributed by atoms with E-state index in [0.717, 1.165) is 42.6 Å². The van der Waals surface area contributed by atoms with Crippen molar-refractivity contribution >= 4 is 29.1 Å². The molecule has 1 saturated carbocycles. The summed E-state index contributed by atoms with van der Waals surface area (Å²) in [5.74, 6) is 0.823. The van der Waals surface area contributed by atoms with Gasteiger partial charge in [-0.1, -0.05) is 18.2 Å². The number of benzene rings is 2. The van der Waals surface area contributed by atoms with Gasteiger partial charge in [-0.15, -0.1) is 0 Å². The third-order valence-corrected chi connectivity index (χ3v) is 7.64. The van der Waals surface area contributed by atoms with E-state index in [1.54, 1.807) is 32.8 Å². The van der Waals surface area contributed by atoms with Crippen molar-refractivity contribution in [3.05, 3.63) is 71.2 Å². The fraction of sp³-hybridized carbons (Fsp3) is 0.393. The van der Waals surface area contributed by atoms with Crippen LogP contribution in [0.2, 0.25) is 0 Å². The Morgan fingerprint density at radius 2 is 1.89 bits per heavy atom. The van der Waals surface area contributed by atoms with Crippen LogP contribution >= 0.6 is 0 Å². The molecule has 0 atom stereocenters. The molecule has 3 amide bonds. The summed E-state index contributed by atoms with van der Waals surface area (Å²) < 4.78 is 16.8. The summed E-state index contributed by atoms with van der Waals surface area (Å²) in [4.78, 5) is 32.1. The molecule has 9 nitrogen and oxygen atoms in total. The molecule has 1 aliphatic carbocycles.